The first-order chi connectivity index (χ1) is 12.8. The van der Waals surface area contributed by atoms with Crippen molar-refractivity contribution in [2.24, 2.45) is 0 Å². The van der Waals surface area contributed by atoms with Gasteiger partial charge >= 0.3 is 0 Å². The molecule has 7 nitrogen and oxygen atoms in total. The second kappa shape index (κ2) is 7.61. The Morgan fingerprint density at radius 3 is 2.46 bits per heavy atom. The third-order valence-corrected chi connectivity index (χ3v) is 4.82. The molecule has 2 aromatic heterocycles. The topological polar surface area (TPSA) is 67.2 Å². The van der Waals surface area contributed by atoms with Gasteiger partial charge in [-0.25, -0.2) is 15.0 Å². The van der Waals surface area contributed by atoms with Crippen LogP contribution in [-0.4, -0.2) is 57.1 Å². The number of fused-ring (bicyclic) bond motifs is 1. The van der Waals surface area contributed by atoms with Crippen molar-refractivity contribution in [1.82, 2.24) is 24.4 Å². The Morgan fingerprint density at radius 1 is 0.885 bits per heavy atom. The van der Waals surface area contributed by atoms with Crippen LogP contribution in [0.4, 0.5) is 5.95 Å². The van der Waals surface area contributed by atoms with E-state index in [1.807, 2.05) is 34.9 Å². The Morgan fingerprint density at radius 2 is 1.65 bits per heavy atom. The quantitative estimate of drug-likeness (QED) is 0.693. The van der Waals surface area contributed by atoms with E-state index in [9.17, 15) is 4.79 Å². The lowest BCUT2D eigenvalue weighted by molar-refractivity contribution is 0.249. The van der Waals surface area contributed by atoms with E-state index in [1.165, 1.54) is 6.20 Å². The van der Waals surface area contributed by atoms with Crippen molar-refractivity contribution in [2.45, 2.75) is 13.0 Å². The number of hydrogen-bond acceptors (Lipinski definition) is 6. The molecule has 0 atom stereocenters. The lowest BCUT2D eigenvalue weighted by atomic mass is 10.2. The van der Waals surface area contributed by atoms with Crippen LogP contribution in [0, 0.1) is 0 Å². The first kappa shape index (κ1) is 16.7. The number of para-hydroxylation sites is 2. The molecular weight excluding hydrogens is 328 g/mol. The van der Waals surface area contributed by atoms with E-state index in [2.05, 4.69) is 24.8 Å². The SMILES string of the molecule is O=c1cnc2ccccc2n1CCCN1CCN(c2ncccn2)CC1. The minimum Gasteiger partial charge on any atom is -0.338 e. The normalized spacial score (nSPS) is 15.5. The number of aromatic nitrogens is 4. The van der Waals surface area contributed by atoms with Gasteiger partial charge in [-0.2, -0.15) is 0 Å². The fourth-order valence-electron chi connectivity index (χ4n) is 3.42. The van der Waals surface area contributed by atoms with Crippen molar-refractivity contribution in [1.29, 1.82) is 0 Å². The van der Waals surface area contributed by atoms with Crippen LogP contribution in [0.5, 0.6) is 0 Å². The summed E-state index contributed by atoms with van der Waals surface area (Å²) in [6, 6.07) is 9.63. The van der Waals surface area contributed by atoms with Crippen LogP contribution < -0.4 is 10.5 Å². The molecule has 0 bridgehead atoms. The summed E-state index contributed by atoms with van der Waals surface area (Å²) in [5.41, 5.74) is 1.74. The summed E-state index contributed by atoms with van der Waals surface area (Å²) < 4.78 is 1.83. The smallest absolute Gasteiger partial charge is 0.269 e. The highest BCUT2D eigenvalue weighted by atomic mass is 16.1. The van der Waals surface area contributed by atoms with Crippen LogP contribution in [0.2, 0.25) is 0 Å². The highest BCUT2D eigenvalue weighted by Crippen LogP contribution is 2.11. The molecule has 0 unspecified atom stereocenters. The molecule has 1 aliphatic heterocycles. The second-order valence-corrected chi connectivity index (χ2v) is 6.47. The lowest BCUT2D eigenvalue weighted by Gasteiger charge is -2.34. The minimum absolute atomic E-state index is 0.0326. The van der Waals surface area contributed by atoms with Crippen LogP contribution in [0.1, 0.15) is 6.42 Å². The van der Waals surface area contributed by atoms with E-state index >= 15 is 0 Å². The second-order valence-electron chi connectivity index (χ2n) is 6.47. The fraction of sp³-hybridized carbons (Fsp3) is 0.368. The van der Waals surface area contributed by atoms with Gasteiger partial charge in [0.05, 0.1) is 17.2 Å². The monoisotopic (exact) mass is 350 g/mol. The third-order valence-electron chi connectivity index (χ3n) is 4.82. The van der Waals surface area contributed by atoms with Crippen molar-refractivity contribution in [3.8, 4) is 0 Å². The van der Waals surface area contributed by atoms with E-state index in [-0.39, 0.29) is 5.56 Å². The summed E-state index contributed by atoms with van der Waals surface area (Å²) in [6.45, 7) is 5.54. The molecule has 1 fully saturated rings. The van der Waals surface area contributed by atoms with Crippen LogP contribution in [0.15, 0.2) is 53.7 Å². The van der Waals surface area contributed by atoms with Gasteiger partial charge in [-0.3, -0.25) is 9.69 Å². The van der Waals surface area contributed by atoms with E-state index in [1.54, 1.807) is 12.4 Å². The highest BCUT2D eigenvalue weighted by Gasteiger charge is 2.18. The van der Waals surface area contributed by atoms with Gasteiger partial charge < -0.3 is 9.47 Å². The molecule has 3 aromatic rings. The zero-order valence-corrected chi connectivity index (χ0v) is 14.7. The first-order valence-corrected chi connectivity index (χ1v) is 9.00. The molecule has 7 heteroatoms. The molecule has 0 saturated carbocycles. The van der Waals surface area contributed by atoms with Gasteiger partial charge in [-0.05, 0) is 31.2 Å². The highest BCUT2D eigenvalue weighted by molar-refractivity contribution is 5.74. The first-order valence-electron chi connectivity index (χ1n) is 9.00. The number of piperazine rings is 1. The van der Waals surface area contributed by atoms with Gasteiger partial charge in [-0.15, -0.1) is 0 Å². The molecule has 1 aromatic carbocycles. The Hall–Kier alpha value is -2.80. The third kappa shape index (κ3) is 3.57. The zero-order valence-electron chi connectivity index (χ0n) is 14.7. The predicted molar refractivity (Wildman–Crippen MR) is 101 cm³/mol. The zero-order chi connectivity index (χ0) is 17.8. The maximum atomic E-state index is 12.2. The number of benzene rings is 1. The standard InChI is InChI=1S/C19H22N6O/c26-18-15-22-16-5-1-2-6-17(16)25(18)10-4-9-23-11-13-24(14-12-23)19-20-7-3-8-21-19/h1-3,5-8,15H,4,9-14H2. The number of rotatable bonds is 5. The molecule has 0 spiro atoms. The molecule has 0 N–H and O–H groups in total. The van der Waals surface area contributed by atoms with E-state index < -0.39 is 0 Å². The molecule has 134 valence electrons. The summed E-state index contributed by atoms with van der Waals surface area (Å²) in [5, 5.41) is 0. The average molecular weight is 350 g/mol. The Bertz CT molecular complexity index is 918. The summed E-state index contributed by atoms with van der Waals surface area (Å²) in [4.78, 5) is 29.7. The number of nitrogens with zero attached hydrogens (tertiary/aromatic N) is 6. The molecular formula is C19H22N6O. The predicted octanol–water partition coefficient (Wildman–Crippen LogP) is 1.40. The molecule has 4 rings (SSSR count). The lowest BCUT2D eigenvalue weighted by Crippen LogP contribution is -2.47. The Kier molecular flexibility index (Phi) is 4.88. The molecule has 0 aliphatic carbocycles. The molecule has 0 radical (unpaired) electrons. The fourth-order valence-corrected chi connectivity index (χ4v) is 3.42. The summed E-state index contributed by atoms with van der Waals surface area (Å²) in [5.74, 6) is 0.807. The van der Waals surface area contributed by atoms with Gasteiger partial charge in [0.25, 0.3) is 5.56 Å². The van der Waals surface area contributed by atoms with Crippen molar-refractivity contribution < 1.29 is 0 Å². The van der Waals surface area contributed by atoms with Gasteiger partial charge in [-0.1, -0.05) is 12.1 Å². The maximum absolute atomic E-state index is 12.2. The largest absolute Gasteiger partial charge is 0.338 e. The van der Waals surface area contributed by atoms with Crippen molar-refractivity contribution in [3.05, 3.63) is 59.3 Å². The summed E-state index contributed by atoms with van der Waals surface area (Å²) in [6.07, 6.45) is 5.92. The minimum atomic E-state index is -0.0326. The van der Waals surface area contributed by atoms with Crippen LogP contribution in [0.3, 0.4) is 0 Å². The number of anilines is 1. The molecule has 0 amide bonds. The van der Waals surface area contributed by atoms with Crippen molar-refractivity contribution in [3.63, 3.8) is 0 Å². The molecule has 1 aliphatic rings. The average Bonchev–Trinajstić information content (AvgIpc) is 2.71. The van der Waals surface area contributed by atoms with E-state index in [0.717, 1.165) is 56.1 Å². The van der Waals surface area contributed by atoms with E-state index in [4.69, 9.17) is 0 Å². The van der Waals surface area contributed by atoms with Crippen LogP contribution >= 0.6 is 0 Å². The molecule has 26 heavy (non-hydrogen) atoms. The van der Waals surface area contributed by atoms with E-state index in [0.29, 0.717) is 6.54 Å². The van der Waals surface area contributed by atoms with Gasteiger partial charge in [0.2, 0.25) is 5.95 Å². The summed E-state index contributed by atoms with van der Waals surface area (Å²) >= 11 is 0. The Labute approximate surface area is 151 Å². The van der Waals surface area contributed by atoms with Gasteiger partial charge in [0.1, 0.15) is 0 Å². The Balaban J connectivity index is 1.32. The van der Waals surface area contributed by atoms with Gasteiger partial charge in [0, 0.05) is 45.1 Å². The van der Waals surface area contributed by atoms with Crippen molar-refractivity contribution >= 4 is 17.0 Å². The van der Waals surface area contributed by atoms with Crippen molar-refractivity contribution in [2.75, 3.05) is 37.6 Å². The van der Waals surface area contributed by atoms with Gasteiger partial charge in [0.15, 0.2) is 0 Å². The van der Waals surface area contributed by atoms with Crippen LogP contribution in [-0.2, 0) is 6.54 Å². The number of hydrogen-bond donors (Lipinski definition) is 0. The summed E-state index contributed by atoms with van der Waals surface area (Å²) in [7, 11) is 0. The molecule has 3 heterocycles. The molecule has 1 saturated heterocycles. The number of aryl methyl sites for hydroxylation is 1. The maximum Gasteiger partial charge on any atom is 0.269 e. The van der Waals surface area contributed by atoms with Crippen LogP contribution in [0.25, 0.3) is 11.0 Å².